The highest BCUT2D eigenvalue weighted by molar-refractivity contribution is 5.98. The lowest BCUT2D eigenvalue weighted by Crippen LogP contribution is -2.70. The van der Waals surface area contributed by atoms with E-state index in [1.807, 2.05) is 48.3 Å². The van der Waals surface area contributed by atoms with Crippen molar-refractivity contribution in [3.63, 3.8) is 0 Å². The molecule has 2 aromatic heterocycles. The average Bonchev–Trinajstić information content (AvgIpc) is 3.83. The van der Waals surface area contributed by atoms with Crippen LogP contribution in [0.2, 0.25) is 0 Å². The maximum Gasteiger partial charge on any atom is 0.330 e. The van der Waals surface area contributed by atoms with Crippen LogP contribution >= 0.6 is 0 Å². The summed E-state index contributed by atoms with van der Waals surface area (Å²) < 4.78 is 15.2. The Morgan fingerprint density at radius 1 is 1.04 bits per heavy atom. The van der Waals surface area contributed by atoms with Crippen molar-refractivity contribution >= 4 is 11.9 Å². The number of aromatic nitrogens is 5. The first-order valence-electron chi connectivity index (χ1n) is 19.4. The maximum absolute atomic E-state index is 14.4. The van der Waals surface area contributed by atoms with E-state index in [1.54, 1.807) is 25.0 Å². The first-order chi connectivity index (χ1) is 26.4. The van der Waals surface area contributed by atoms with Crippen LogP contribution in [0.25, 0.3) is 28.2 Å². The average molecular weight is 755 g/mol. The van der Waals surface area contributed by atoms with Gasteiger partial charge >= 0.3 is 5.97 Å². The molecule has 14 nitrogen and oxygen atoms in total. The molecule has 4 aromatic rings. The van der Waals surface area contributed by atoms with Gasteiger partial charge in [-0.3, -0.25) is 9.48 Å². The Hall–Kier alpha value is -4.79. The highest BCUT2D eigenvalue weighted by Gasteiger charge is 2.62. The van der Waals surface area contributed by atoms with Crippen LogP contribution < -0.4 is 20.5 Å². The molecule has 0 spiro atoms. The number of rotatable bonds is 16. The maximum atomic E-state index is 14.4. The molecule has 4 fully saturated rings. The Balaban J connectivity index is 1.23. The molecule has 1 atom stereocenters. The van der Waals surface area contributed by atoms with Crippen LogP contribution in [0, 0.1) is 23.7 Å². The zero-order chi connectivity index (χ0) is 39.0. The number of carboxylic acid groups (broad SMARTS) is 1. The van der Waals surface area contributed by atoms with Crippen LogP contribution in [0.4, 0.5) is 0 Å². The Labute approximate surface area is 322 Å². The number of carboxylic acids is 1. The summed E-state index contributed by atoms with van der Waals surface area (Å²) in [6.07, 6.45) is 6.68. The number of aliphatic carboxylic acids is 1. The van der Waals surface area contributed by atoms with Crippen molar-refractivity contribution < 1.29 is 29.3 Å². The molecule has 14 heteroatoms. The number of hydrogen-bond acceptors (Lipinski definition) is 10. The van der Waals surface area contributed by atoms with Gasteiger partial charge in [-0.15, -0.1) is 5.10 Å². The number of nitrogens with two attached hydrogens (primary N) is 1. The smallest absolute Gasteiger partial charge is 0.330 e. The van der Waals surface area contributed by atoms with Gasteiger partial charge in [0.15, 0.2) is 5.69 Å². The Kier molecular flexibility index (Phi) is 11.0. The van der Waals surface area contributed by atoms with Crippen molar-refractivity contribution in [1.29, 1.82) is 0 Å². The van der Waals surface area contributed by atoms with Gasteiger partial charge in [-0.2, -0.15) is 5.10 Å². The van der Waals surface area contributed by atoms with Gasteiger partial charge in [-0.25, -0.2) is 9.48 Å². The molecule has 294 valence electrons. The molecule has 0 radical (unpaired) electrons. The number of aliphatic hydroxyl groups is 1. The Bertz CT molecular complexity index is 1970. The van der Waals surface area contributed by atoms with E-state index < -0.39 is 23.5 Å². The summed E-state index contributed by atoms with van der Waals surface area (Å²) in [4.78, 5) is 29.6. The van der Waals surface area contributed by atoms with Gasteiger partial charge in [0.1, 0.15) is 22.7 Å². The molecule has 2 heterocycles. The largest absolute Gasteiger partial charge is 0.496 e. The number of carbonyl (C=O) groups excluding carboxylic acids is 1. The van der Waals surface area contributed by atoms with Crippen LogP contribution in [-0.2, 0) is 11.3 Å². The number of carbonyl (C=O) groups is 2. The van der Waals surface area contributed by atoms with E-state index in [4.69, 9.17) is 20.3 Å². The minimum absolute atomic E-state index is 0.0432. The highest BCUT2D eigenvalue weighted by atomic mass is 16.5. The Morgan fingerprint density at radius 2 is 1.71 bits per heavy atom. The second kappa shape index (κ2) is 15.8. The molecule has 4 saturated carbocycles. The third kappa shape index (κ3) is 7.34. The van der Waals surface area contributed by atoms with Crippen LogP contribution in [0.15, 0.2) is 48.7 Å². The summed E-state index contributed by atoms with van der Waals surface area (Å²) in [5.41, 5.74) is 8.85. The van der Waals surface area contributed by atoms with Crippen LogP contribution in [-0.4, -0.2) is 104 Å². The molecule has 5 N–H and O–H groups in total. The molecule has 2 aromatic carbocycles. The number of hydrogen-bond donors (Lipinski definition) is 4. The summed E-state index contributed by atoms with van der Waals surface area (Å²) in [6, 6.07) is 13.2. The first kappa shape index (κ1) is 38.5. The van der Waals surface area contributed by atoms with Crippen molar-refractivity contribution in [2.45, 2.75) is 76.5 Å². The fraction of sp³-hybridized carbons (Fsp3) is 0.537. The molecule has 4 aliphatic carbocycles. The quantitative estimate of drug-likeness (QED) is 0.126. The van der Waals surface area contributed by atoms with Gasteiger partial charge in [0, 0.05) is 25.2 Å². The van der Waals surface area contributed by atoms with E-state index in [9.17, 15) is 19.8 Å². The summed E-state index contributed by atoms with van der Waals surface area (Å²) in [7, 11) is 5.13. The number of ether oxygens (including phenoxy) is 2. The van der Waals surface area contributed by atoms with Gasteiger partial charge in [-0.1, -0.05) is 31.2 Å². The van der Waals surface area contributed by atoms with Crippen LogP contribution in [0.1, 0.15) is 74.3 Å². The zero-order valence-electron chi connectivity index (χ0n) is 32.4. The molecule has 4 bridgehead atoms. The second-order valence-electron chi connectivity index (χ2n) is 16.1. The molecule has 4 aliphatic rings. The fourth-order valence-electron chi connectivity index (χ4n) is 9.68. The Morgan fingerprint density at radius 3 is 2.31 bits per heavy atom. The molecule has 0 saturated heterocycles. The zero-order valence-corrected chi connectivity index (χ0v) is 32.4. The number of likely N-dealkylation sites (N-methyl/N-ethyl adjacent to an activating group) is 1. The summed E-state index contributed by atoms with van der Waals surface area (Å²) in [6.45, 7) is 6.39. The van der Waals surface area contributed by atoms with Crippen molar-refractivity contribution in [2.75, 3.05) is 40.9 Å². The number of benzene rings is 2. The number of aliphatic hydroxyl groups excluding tert-OH is 1. The summed E-state index contributed by atoms with van der Waals surface area (Å²) in [5.74, 6) is 0.524. The molecule has 55 heavy (non-hydrogen) atoms. The molecule has 0 aliphatic heterocycles. The normalized spacial score (nSPS) is 23.4. The number of nitrogens with zero attached hydrogens (tertiary/aromatic N) is 6. The number of nitrogens with one attached hydrogen (secondary N) is 1. The van der Waals surface area contributed by atoms with Crippen molar-refractivity contribution in [3.05, 3.63) is 59.9 Å². The number of aryl methyl sites for hydroxylation is 1. The lowest BCUT2D eigenvalue weighted by molar-refractivity contribution is -0.163. The van der Waals surface area contributed by atoms with Crippen LogP contribution in [0.5, 0.6) is 11.5 Å². The molecule has 8 rings (SSSR count). The monoisotopic (exact) mass is 754 g/mol. The van der Waals surface area contributed by atoms with Gasteiger partial charge in [0.05, 0.1) is 43.5 Å². The molecule has 1 unspecified atom stereocenters. The number of amides is 1. The first-order valence-corrected chi connectivity index (χ1v) is 19.4. The minimum atomic E-state index is -1.32. The van der Waals surface area contributed by atoms with E-state index in [2.05, 4.69) is 40.4 Å². The van der Waals surface area contributed by atoms with E-state index in [0.29, 0.717) is 47.7 Å². The predicted molar refractivity (Wildman–Crippen MR) is 207 cm³/mol. The number of methoxy groups -OCH3 is 2. The third-order valence-corrected chi connectivity index (χ3v) is 12.2. The molecular formula is C41H54N8O6. The lowest BCUT2D eigenvalue weighted by Gasteiger charge is -2.59. The summed E-state index contributed by atoms with van der Waals surface area (Å²) >= 11 is 0. The van der Waals surface area contributed by atoms with Gasteiger partial charge in [0.2, 0.25) is 0 Å². The van der Waals surface area contributed by atoms with E-state index in [-0.39, 0.29) is 30.0 Å². The fourth-order valence-corrected chi connectivity index (χ4v) is 9.68. The van der Waals surface area contributed by atoms with Gasteiger partial charge in [-0.05, 0) is 118 Å². The standard InChI is InChI=1S/C41H54N8O6/c1-24(2)31-19-27(33-23-48(46-44-33)13-7-12-47(3)22-30(50)21-42)10-11-34(31)49-35(38-36(54-4)8-6-9-37(38)55-5)20-32(45-49)39(51)43-41(40(52)53)28-15-25-14-26(17-28)18-29(41)16-25/h6,8-11,19-20,23-26,28-30,50H,7,12-18,21-22,42H2,1-5H3,(H,43,51)(H,52,53). The van der Waals surface area contributed by atoms with Crippen molar-refractivity contribution in [3.8, 4) is 39.7 Å². The second-order valence-corrected chi connectivity index (χ2v) is 16.1. The van der Waals surface area contributed by atoms with Crippen molar-refractivity contribution in [2.24, 2.45) is 29.4 Å². The topological polar surface area (TPSA) is 183 Å². The van der Waals surface area contributed by atoms with Crippen molar-refractivity contribution in [1.82, 2.24) is 35.0 Å². The SMILES string of the molecule is COc1cccc(OC)c1-c1cc(C(=O)NC2(C(=O)O)C3CC4CC(C3)CC2C4)nn1-c1ccc(-c2cn(CCCN(C)CC(O)CN)nn2)cc1C(C)C. The highest BCUT2D eigenvalue weighted by Crippen LogP contribution is 2.58. The summed E-state index contributed by atoms with van der Waals surface area (Å²) in [5, 5.41) is 37.5. The van der Waals surface area contributed by atoms with E-state index in [1.165, 1.54) is 6.42 Å². The minimum Gasteiger partial charge on any atom is -0.496 e. The third-order valence-electron chi connectivity index (χ3n) is 12.2. The van der Waals surface area contributed by atoms with Gasteiger partial charge < -0.3 is 35.6 Å². The van der Waals surface area contributed by atoms with Gasteiger partial charge in [0.25, 0.3) is 5.91 Å². The van der Waals surface area contributed by atoms with E-state index in [0.717, 1.165) is 61.2 Å². The van der Waals surface area contributed by atoms with Crippen LogP contribution in [0.3, 0.4) is 0 Å². The lowest BCUT2D eigenvalue weighted by atomic mass is 9.48. The van der Waals surface area contributed by atoms with E-state index >= 15 is 0 Å². The molecule has 1 amide bonds. The predicted octanol–water partition coefficient (Wildman–Crippen LogP) is 4.59. The molecular weight excluding hydrogens is 701 g/mol.